The van der Waals surface area contributed by atoms with Crippen LogP contribution in [0.5, 0.6) is 5.75 Å². The first-order valence-electron chi connectivity index (χ1n) is 10.7. The Labute approximate surface area is 170 Å². The maximum atomic E-state index is 13.8. The molecule has 1 aromatic rings. The number of benzene rings is 1. The number of halogens is 5. The average Bonchev–Trinajstić information content (AvgIpc) is 2.66. The van der Waals surface area contributed by atoms with Gasteiger partial charge in [-0.05, 0) is 61.6 Å². The summed E-state index contributed by atoms with van der Waals surface area (Å²) in [5, 5.41) is 0. The molecule has 6 heteroatoms. The van der Waals surface area contributed by atoms with E-state index >= 15 is 0 Å². The summed E-state index contributed by atoms with van der Waals surface area (Å²) >= 11 is 0. The summed E-state index contributed by atoms with van der Waals surface area (Å²) in [5.41, 5.74) is 0.371. The second-order valence-corrected chi connectivity index (χ2v) is 8.05. The highest BCUT2D eigenvalue weighted by atomic mass is 19.4. The van der Waals surface area contributed by atoms with E-state index in [-0.39, 0.29) is 0 Å². The molecule has 0 radical (unpaired) electrons. The van der Waals surface area contributed by atoms with E-state index < -0.39 is 23.7 Å². The molecule has 0 unspecified atom stereocenters. The lowest BCUT2D eigenvalue weighted by molar-refractivity contribution is -0.276. The summed E-state index contributed by atoms with van der Waals surface area (Å²) in [6.45, 7) is 2.17. The molecule has 29 heavy (non-hydrogen) atoms. The smallest absolute Gasteiger partial charge is 0.399 e. The van der Waals surface area contributed by atoms with Crippen LogP contribution < -0.4 is 4.74 Å². The Bertz CT molecular complexity index is 622. The quantitative estimate of drug-likeness (QED) is 0.212. The maximum Gasteiger partial charge on any atom is 0.573 e. The average molecular weight is 418 g/mol. The standard InChI is InChI=1S/C23H31F5O/c1-2-3-4-5-6-7-8-17-9-11-18(12-10-17)13-14-19-15-20(24)22(21(25)16-19)29-23(26,27)28/h4-5,15-18H,2-3,6-14H2,1H3. The monoisotopic (exact) mass is 418 g/mol. The number of aryl methyl sites for hydroxylation is 1. The number of ether oxygens (including phenoxy) is 1. The number of unbranched alkanes of at least 4 members (excludes halogenated alkanes) is 2. The molecule has 1 aliphatic carbocycles. The van der Waals surface area contributed by atoms with Crippen molar-refractivity contribution in [2.45, 2.75) is 83.9 Å². The first-order valence-corrected chi connectivity index (χ1v) is 10.7. The molecule has 0 N–H and O–H groups in total. The summed E-state index contributed by atoms with van der Waals surface area (Å²) in [6.07, 6.45) is 11.2. The first-order chi connectivity index (χ1) is 13.8. The van der Waals surface area contributed by atoms with Crippen LogP contribution in [0.1, 0.15) is 76.7 Å². The Hall–Kier alpha value is -1.59. The van der Waals surface area contributed by atoms with E-state index in [9.17, 15) is 22.0 Å². The van der Waals surface area contributed by atoms with Gasteiger partial charge in [-0.15, -0.1) is 13.2 Å². The second kappa shape index (κ2) is 11.6. The first kappa shape index (κ1) is 23.7. The fraction of sp³-hybridized carbons (Fsp3) is 0.652. The van der Waals surface area contributed by atoms with Gasteiger partial charge in [-0.1, -0.05) is 57.6 Å². The van der Waals surface area contributed by atoms with Crippen molar-refractivity contribution in [3.63, 3.8) is 0 Å². The van der Waals surface area contributed by atoms with Gasteiger partial charge in [-0.2, -0.15) is 0 Å². The lowest BCUT2D eigenvalue weighted by Crippen LogP contribution is -2.19. The van der Waals surface area contributed by atoms with Gasteiger partial charge in [0, 0.05) is 0 Å². The van der Waals surface area contributed by atoms with Crippen molar-refractivity contribution in [1.29, 1.82) is 0 Å². The maximum absolute atomic E-state index is 13.8. The molecule has 0 heterocycles. The zero-order valence-electron chi connectivity index (χ0n) is 17.0. The van der Waals surface area contributed by atoms with Crippen molar-refractivity contribution in [3.05, 3.63) is 41.5 Å². The van der Waals surface area contributed by atoms with E-state index in [0.717, 1.165) is 50.2 Å². The molecule has 0 spiro atoms. The Morgan fingerprint density at radius 2 is 1.48 bits per heavy atom. The van der Waals surface area contributed by atoms with E-state index in [1.807, 2.05) is 0 Å². The van der Waals surface area contributed by atoms with Crippen molar-refractivity contribution in [1.82, 2.24) is 0 Å². The Morgan fingerprint density at radius 3 is 2.03 bits per heavy atom. The zero-order valence-corrected chi connectivity index (χ0v) is 17.0. The highest BCUT2D eigenvalue weighted by Crippen LogP contribution is 2.35. The van der Waals surface area contributed by atoms with Crippen molar-refractivity contribution in [2.24, 2.45) is 11.8 Å². The van der Waals surface area contributed by atoms with Gasteiger partial charge in [-0.3, -0.25) is 0 Å². The molecule has 0 saturated heterocycles. The zero-order chi connectivity index (χ0) is 21.3. The van der Waals surface area contributed by atoms with Gasteiger partial charge in [0.25, 0.3) is 0 Å². The molecule has 2 rings (SSSR count). The lowest BCUT2D eigenvalue weighted by atomic mass is 9.78. The summed E-state index contributed by atoms with van der Waals surface area (Å²) in [6, 6.07) is 1.89. The summed E-state index contributed by atoms with van der Waals surface area (Å²) in [7, 11) is 0. The van der Waals surface area contributed by atoms with Gasteiger partial charge >= 0.3 is 6.36 Å². The van der Waals surface area contributed by atoms with Crippen LogP contribution in [0, 0.1) is 23.5 Å². The summed E-state index contributed by atoms with van der Waals surface area (Å²) in [5.74, 6) is -2.73. The van der Waals surface area contributed by atoms with Gasteiger partial charge in [0.05, 0.1) is 0 Å². The topological polar surface area (TPSA) is 9.23 Å². The van der Waals surface area contributed by atoms with Crippen LogP contribution in [0.2, 0.25) is 0 Å². The van der Waals surface area contributed by atoms with E-state index in [1.165, 1.54) is 32.1 Å². The van der Waals surface area contributed by atoms with Gasteiger partial charge in [-0.25, -0.2) is 8.78 Å². The Balaban J connectivity index is 1.72. The number of hydrogen-bond acceptors (Lipinski definition) is 1. The number of rotatable bonds is 10. The third-order valence-electron chi connectivity index (χ3n) is 5.69. The highest BCUT2D eigenvalue weighted by Gasteiger charge is 2.34. The highest BCUT2D eigenvalue weighted by molar-refractivity contribution is 5.31. The van der Waals surface area contributed by atoms with Crippen molar-refractivity contribution in [3.8, 4) is 5.75 Å². The van der Waals surface area contributed by atoms with Crippen molar-refractivity contribution < 1.29 is 26.7 Å². The second-order valence-electron chi connectivity index (χ2n) is 8.05. The largest absolute Gasteiger partial charge is 0.573 e. The number of alkyl halides is 3. The summed E-state index contributed by atoms with van der Waals surface area (Å²) in [4.78, 5) is 0. The SMILES string of the molecule is CCCC=CCCCC1CCC(CCc2cc(F)c(OC(F)(F)F)c(F)c2)CC1. The van der Waals surface area contributed by atoms with Crippen LogP contribution >= 0.6 is 0 Å². The molecule has 0 aromatic heterocycles. The van der Waals surface area contributed by atoms with E-state index in [0.29, 0.717) is 17.9 Å². The molecule has 0 amide bonds. The Morgan fingerprint density at radius 1 is 0.931 bits per heavy atom. The number of allylic oxidation sites excluding steroid dienone is 2. The minimum atomic E-state index is -5.12. The minimum Gasteiger partial charge on any atom is -0.399 e. The normalized spacial score (nSPS) is 20.3. The van der Waals surface area contributed by atoms with E-state index in [4.69, 9.17) is 0 Å². The van der Waals surface area contributed by atoms with Crippen LogP contribution in [0.25, 0.3) is 0 Å². The fourth-order valence-corrected chi connectivity index (χ4v) is 4.08. The molecular weight excluding hydrogens is 387 g/mol. The predicted molar refractivity (Wildman–Crippen MR) is 105 cm³/mol. The number of hydrogen-bond donors (Lipinski definition) is 0. The molecule has 0 aliphatic heterocycles. The molecular formula is C23H31F5O. The third kappa shape index (κ3) is 8.75. The molecule has 1 aliphatic rings. The van der Waals surface area contributed by atoms with E-state index in [2.05, 4.69) is 23.8 Å². The molecule has 0 atom stereocenters. The van der Waals surface area contributed by atoms with Gasteiger partial charge < -0.3 is 4.74 Å². The summed E-state index contributed by atoms with van der Waals surface area (Å²) < 4.78 is 67.7. The lowest BCUT2D eigenvalue weighted by Gasteiger charge is -2.28. The van der Waals surface area contributed by atoms with Crippen LogP contribution in [-0.4, -0.2) is 6.36 Å². The van der Waals surface area contributed by atoms with Gasteiger partial charge in [0.1, 0.15) is 0 Å². The molecule has 1 nitrogen and oxygen atoms in total. The molecule has 0 bridgehead atoms. The van der Waals surface area contributed by atoms with Crippen LogP contribution in [0.4, 0.5) is 22.0 Å². The molecule has 1 aromatic carbocycles. The van der Waals surface area contributed by atoms with Crippen LogP contribution in [0.15, 0.2) is 24.3 Å². The van der Waals surface area contributed by atoms with Crippen LogP contribution in [-0.2, 0) is 6.42 Å². The molecule has 164 valence electrons. The predicted octanol–water partition coefficient (Wildman–Crippen LogP) is 8.13. The van der Waals surface area contributed by atoms with Crippen molar-refractivity contribution >= 4 is 0 Å². The fourth-order valence-electron chi connectivity index (χ4n) is 4.08. The third-order valence-corrected chi connectivity index (χ3v) is 5.69. The molecule has 1 saturated carbocycles. The van der Waals surface area contributed by atoms with Gasteiger partial charge in [0.2, 0.25) is 5.75 Å². The van der Waals surface area contributed by atoms with Gasteiger partial charge in [0.15, 0.2) is 11.6 Å². The molecule has 1 fully saturated rings. The van der Waals surface area contributed by atoms with E-state index in [1.54, 1.807) is 0 Å². The Kier molecular flexibility index (Phi) is 9.44. The van der Waals surface area contributed by atoms with Crippen LogP contribution in [0.3, 0.4) is 0 Å². The van der Waals surface area contributed by atoms with Crippen molar-refractivity contribution in [2.75, 3.05) is 0 Å². The minimum absolute atomic E-state index is 0.371.